The smallest absolute Gasteiger partial charge is 0.209 e. The van der Waals surface area contributed by atoms with Gasteiger partial charge in [0.1, 0.15) is 12.4 Å². The highest BCUT2D eigenvalue weighted by Crippen LogP contribution is 2.19. The molecule has 0 radical (unpaired) electrons. The third kappa shape index (κ3) is 4.92. The third-order valence-corrected chi connectivity index (χ3v) is 4.59. The van der Waals surface area contributed by atoms with Crippen molar-refractivity contribution in [1.29, 1.82) is 0 Å². The summed E-state index contributed by atoms with van der Waals surface area (Å²) in [5.74, 6) is 1.22. The lowest BCUT2D eigenvalue weighted by molar-refractivity contribution is 0.0911. The van der Waals surface area contributed by atoms with Gasteiger partial charge in [-0.3, -0.25) is 0 Å². The molecule has 1 aliphatic heterocycles. The van der Waals surface area contributed by atoms with Gasteiger partial charge >= 0.3 is 0 Å². The first kappa shape index (κ1) is 16.2. The Bertz CT molecular complexity index is 589. The van der Waals surface area contributed by atoms with Gasteiger partial charge in [-0.05, 0) is 35.4 Å². The molecule has 0 bridgehead atoms. The lowest BCUT2D eigenvalue weighted by Gasteiger charge is -2.13. The second-order valence-corrected chi connectivity index (χ2v) is 6.35. The Labute approximate surface area is 139 Å². The van der Waals surface area contributed by atoms with Gasteiger partial charge in [0.2, 0.25) is 5.16 Å². The number of tetrazole rings is 1. The van der Waals surface area contributed by atoms with Crippen molar-refractivity contribution in [3.05, 3.63) is 30.3 Å². The van der Waals surface area contributed by atoms with Gasteiger partial charge in [-0.15, -0.1) is 5.10 Å². The highest BCUT2D eigenvalue weighted by molar-refractivity contribution is 7.99. The lowest BCUT2D eigenvalue weighted by Crippen LogP contribution is -2.21. The number of thioether (sulfide) groups is 1. The van der Waals surface area contributed by atoms with Crippen LogP contribution in [0.3, 0.4) is 0 Å². The summed E-state index contributed by atoms with van der Waals surface area (Å²) >= 11 is 1.42. The van der Waals surface area contributed by atoms with Crippen molar-refractivity contribution in [2.75, 3.05) is 19.0 Å². The maximum absolute atomic E-state index is 10.0. The SMILES string of the molecule is O[C@H](COc1ccccc1)CSc1nnnn1C[C@H]1CCCO1. The Kier molecular flexibility index (Phi) is 5.84. The predicted octanol–water partition coefficient (Wildman–Crippen LogP) is 1.38. The number of ether oxygens (including phenoxy) is 2. The van der Waals surface area contributed by atoms with Crippen LogP contribution in [0.1, 0.15) is 12.8 Å². The van der Waals surface area contributed by atoms with E-state index in [-0.39, 0.29) is 12.7 Å². The van der Waals surface area contributed by atoms with Gasteiger partial charge in [-0.1, -0.05) is 30.0 Å². The van der Waals surface area contributed by atoms with E-state index in [1.807, 2.05) is 30.3 Å². The molecule has 1 N–H and O–H groups in total. The maximum Gasteiger partial charge on any atom is 0.209 e. The van der Waals surface area contributed by atoms with Crippen molar-refractivity contribution in [2.24, 2.45) is 0 Å². The summed E-state index contributed by atoms with van der Waals surface area (Å²) < 4.78 is 12.9. The van der Waals surface area contributed by atoms with Gasteiger partial charge in [0.05, 0.1) is 18.8 Å². The van der Waals surface area contributed by atoms with E-state index in [2.05, 4.69) is 15.5 Å². The van der Waals surface area contributed by atoms with Gasteiger partial charge in [0.15, 0.2) is 0 Å². The van der Waals surface area contributed by atoms with E-state index in [4.69, 9.17) is 9.47 Å². The highest BCUT2D eigenvalue weighted by atomic mass is 32.2. The number of benzene rings is 1. The van der Waals surface area contributed by atoms with E-state index in [9.17, 15) is 5.11 Å². The average Bonchev–Trinajstić information content (AvgIpc) is 3.24. The minimum Gasteiger partial charge on any atom is -0.491 e. The standard InChI is InChI=1S/C15H20N4O3S/c20-12(10-22-13-5-2-1-3-6-13)11-23-15-16-17-18-19(15)9-14-7-4-8-21-14/h1-3,5-6,12,14,20H,4,7-11H2/t12-,14-/m1/s1. The fourth-order valence-corrected chi connectivity index (χ4v) is 3.12. The Morgan fingerprint density at radius 2 is 2.26 bits per heavy atom. The van der Waals surface area contributed by atoms with Gasteiger partial charge in [0.25, 0.3) is 0 Å². The van der Waals surface area contributed by atoms with Crippen molar-refractivity contribution in [1.82, 2.24) is 20.2 Å². The Morgan fingerprint density at radius 3 is 3.04 bits per heavy atom. The molecule has 2 heterocycles. The minimum absolute atomic E-state index is 0.184. The molecule has 124 valence electrons. The van der Waals surface area contributed by atoms with Crippen LogP contribution in [0, 0.1) is 0 Å². The Morgan fingerprint density at radius 1 is 1.39 bits per heavy atom. The van der Waals surface area contributed by atoms with Gasteiger partial charge in [-0.2, -0.15) is 0 Å². The third-order valence-electron chi connectivity index (χ3n) is 3.49. The Hall–Kier alpha value is -1.64. The van der Waals surface area contributed by atoms with Crippen LogP contribution in [0.2, 0.25) is 0 Å². The lowest BCUT2D eigenvalue weighted by atomic mass is 10.2. The van der Waals surface area contributed by atoms with Gasteiger partial charge < -0.3 is 14.6 Å². The number of rotatable bonds is 8. The van der Waals surface area contributed by atoms with E-state index < -0.39 is 6.10 Å². The van der Waals surface area contributed by atoms with Crippen LogP contribution in [0.15, 0.2) is 35.5 Å². The average molecular weight is 336 g/mol. The molecular formula is C15H20N4O3S. The van der Waals surface area contributed by atoms with Crippen LogP contribution in [0.25, 0.3) is 0 Å². The maximum atomic E-state index is 10.0. The zero-order chi connectivity index (χ0) is 15.9. The summed E-state index contributed by atoms with van der Waals surface area (Å²) in [7, 11) is 0. The first-order valence-corrected chi connectivity index (χ1v) is 8.66. The number of aliphatic hydroxyl groups excluding tert-OH is 1. The minimum atomic E-state index is -0.590. The number of hydrogen-bond donors (Lipinski definition) is 1. The number of hydrogen-bond acceptors (Lipinski definition) is 7. The topological polar surface area (TPSA) is 82.3 Å². The van der Waals surface area contributed by atoms with Gasteiger partial charge in [0, 0.05) is 12.4 Å². The zero-order valence-electron chi connectivity index (χ0n) is 12.7. The normalized spacial score (nSPS) is 18.9. The molecule has 0 amide bonds. The Balaban J connectivity index is 1.43. The highest BCUT2D eigenvalue weighted by Gasteiger charge is 2.19. The molecule has 1 aliphatic rings. The second-order valence-electron chi connectivity index (χ2n) is 5.37. The first-order chi connectivity index (χ1) is 11.3. The molecule has 0 spiro atoms. The molecule has 0 saturated carbocycles. The number of aliphatic hydroxyl groups is 1. The molecular weight excluding hydrogens is 316 g/mol. The zero-order valence-corrected chi connectivity index (χ0v) is 13.6. The molecule has 1 fully saturated rings. The van der Waals surface area contributed by atoms with E-state index >= 15 is 0 Å². The molecule has 23 heavy (non-hydrogen) atoms. The van der Waals surface area contributed by atoms with Crippen LogP contribution in [0.5, 0.6) is 5.75 Å². The first-order valence-electron chi connectivity index (χ1n) is 7.68. The van der Waals surface area contributed by atoms with Crippen molar-refractivity contribution in [2.45, 2.75) is 36.8 Å². The largest absolute Gasteiger partial charge is 0.491 e. The summed E-state index contributed by atoms with van der Waals surface area (Å²) in [5, 5.41) is 22.4. The van der Waals surface area contributed by atoms with Crippen LogP contribution < -0.4 is 4.74 Å². The summed E-state index contributed by atoms with van der Waals surface area (Å²) in [6, 6.07) is 9.45. The summed E-state index contributed by atoms with van der Waals surface area (Å²) in [6.07, 6.45) is 1.72. The molecule has 2 atom stereocenters. The van der Waals surface area contributed by atoms with Crippen molar-refractivity contribution in [3.8, 4) is 5.75 Å². The van der Waals surface area contributed by atoms with Gasteiger partial charge in [-0.25, -0.2) is 4.68 Å². The van der Waals surface area contributed by atoms with Crippen LogP contribution in [-0.2, 0) is 11.3 Å². The van der Waals surface area contributed by atoms with Crippen molar-refractivity contribution < 1.29 is 14.6 Å². The molecule has 1 aromatic heterocycles. The predicted molar refractivity (Wildman–Crippen MR) is 85.5 cm³/mol. The quantitative estimate of drug-likeness (QED) is 0.729. The second kappa shape index (κ2) is 8.28. The van der Waals surface area contributed by atoms with Crippen LogP contribution in [-0.4, -0.2) is 56.5 Å². The van der Waals surface area contributed by atoms with E-state index in [0.29, 0.717) is 17.5 Å². The molecule has 3 rings (SSSR count). The molecule has 8 heteroatoms. The van der Waals surface area contributed by atoms with Crippen LogP contribution in [0.4, 0.5) is 0 Å². The van der Waals surface area contributed by atoms with Crippen LogP contribution >= 0.6 is 11.8 Å². The molecule has 2 aromatic rings. The summed E-state index contributed by atoms with van der Waals surface area (Å²) in [5.41, 5.74) is 0. The summed E-state index contributed by atoms with van der Waals surface area (Å²) in [4.78, 5) is 0. The van der Waals surface area contributed by atoms with Crippen molar-refractivity contribution in [3.63, 3.8) is 0 Å². The molecule has 0 unspecified atom stereocenters. The van der Waals surface area contributed by atoms with Crippen molar-refractivity contribution >= 4 is 11.8 Å². The summed E-state index contributed by atoms with van der Waals surface area (Å²) in [6.45, 7) is 1.71. The molecule has 0 aliphatic carbocycles. The number of para-hydroxylation sites is 1. The fourth-order valence-electron chi connectivity index (χ4n) is 2.32. The molecule has 7 nitrogen and oxygen atoms in total. The fraction of sp³-hybridized carbons (Fsp3) is 0.533. The van der Waals surface area contributed by atoms with E-state index in [1.165, 1.54) is 11.8 Å². The monoisotopic (exact) mass is 336 g/mol. The number of nitrogens with zero attached hydrogens (tertiary/aromatic N) is 4. The van der Waals surface area contributed by atoms with E-state index in [0.717, 1.165) is 25.2 Å². The molecule has 1 aromatic carbocycles. The van der Waals surface area contributed by atoms with E-state index in [1.54, 1.807) is 4.68 Å². The number of aromatic nitrogens is 4. The molecule has 1 saturated heterocycles.